The number of aryl methyl sites for hydroxylation is 1. The Labute approximate surface area is 125 Å². The highest BCUT2D eigenvalue weighted by molar-refractivity contribution is 5.45. The summed E-state index contributed by atoms with van der Waals surface area (Å²) in [7, 11) is 0. The monoisotopic (exact) mass is 286 g/mol. The molecule has 1 unspecified atom stereocenters. The van der Waals surface area contributed by atoms with Crippen molar-refractivity contribution < 1.29 is 9.47 Å². The van der Waals surface area contributed by atoms with Gasteiger partial charge in [0, 0.05) is 6.20 Å². The summed E-state index contributed by atoms with van der Waals surface area (Å²) >= 11 is 0. The van der Waals surface area contributed by atoms with Crippen molar-refractivity contribution in [2.24, 2.45) is 5.73 Å². The van der Waals surface area contributed by atoms with Crippen LogP contribution in [0.5, 0.6) is 11.5 Å². The van der Waals surface area contributed by atoms with Gasteiger partial charge < -0.3 is 15.2 Å². The second-order valence-corrected chi connectivity index (χ2v) is 4.76. The lowest BCUT2D eigenvalue weighted by Gasteiger charge is -2.17. The van der Waals surface area contributed by atoms with Gasteiger partial charge in [-0.3, -0.25) is 4.98 Å². The Kier molecular flexibility index (Phi) is 5.17. The van der Waals surface area contributed by atoms with E-state index in [1.54, 1.807) is 6.20 Å². The quantitative estimate of drug-likeness (QED) is 0.885. The highest BCUT2D eigenvalue weighted by Gasteiger charge is 2.15. The van der Waals surface area contributed by atoms with Gasteiger partial charge in [0.1, 0.15) is 0 Å². The van der Waals surface area contributed by atoms with Crippen LogP contribution in [0.4, 0.5) is 0 Å². The Morgan fingerprint density at radius 2 is 1.81 bits per heavy atom. The molecule has 0 aliphatic carbocycles. The van der Waals surface area contributed by atoms with Crippen LogP contribution >= 0.6 is 0 Å². The third-order valence-electron chi connectivity index (χ3n) is 3.27. The summed E-state index contributed by atoms with van der Waals surface area (Å²) in [5, 5.41) is 0. The van der Waals surface area contributed by atoms with E-state index in [1.165, 1.54) is 0 Å². The molecule has 2 N–H and O–H groups in total. The fourth-order valence-corrected chi connectivity index (χ4v) is 2.24. The maximum absolute atomic E-state index is 6.35. The Morgan fingerprint density at radius 3 is 2.48 bits per heavy atom. The molecular formula is C17H22N2O2. The molecule has 1 aromatic heterocycles. The minimum Gasteiger partial charge on any atom is -0.490 e. The average Bonchev–Trinajstić information content (AvgIpc) is 2.49. The lowest BCUT2D eigenvalue weighted by atomic mass is 10.0. The number of ether oxygens (including phenoxy) is 2. The molecule has 112 valence electrons. The number of pyridine rings is 1. The first kappa shape index (κ1) is 15.3. The third-order valence-corrected chi connectivity index (χ3v) is 3.27. The smallest absolute Gasteiger partial charge is 0.161 e. The first-order valence-corrected chi connectivity index (χ1v) is 7.24. The van der Waals surface area contributed by atoms with E-state index in [1.807, 2.05) is 51.1 Å². The zero-order chi connectivity index (χ0) is 15.2. The number of nitrogens with zero attached hydrogens (tertiary/aromatic N) is 1. The van der Waals surface area contributed by atoms with Crippen molar-refractivity contribution in [1.29, 1.82) is 0 Å². The highest BCUT2D eigenvalue weighted by Crippen LogP contribution is 2.32. The minimum atomic E-state index is -0.277. The summed E-state index contributed by atoms with van der Waals surface area (Å²) in [4.78, 5) is 4.39. The van der Waals surface area contributed by atoms with Crippen LogP contribution in [0.3, 0.4) is 0 Å². The number of rotatable bonds is 6. The molecule has 1 aromatic carbocycles. The zero-order valence-electron chi connectivity index (χ0n) is 12.8. The van der Waals surface area contributed by atoms with Crippen molar-refractivity contribution >= 4 is 0 Å². The molecule has 1 atom stereocenters. The summed E-state index contributed by atoms with van der Waals surface area (Å²) in [6.45, 7) is 7.10. The molecule has 0 bridgehead atoms. The van der Waals surface area contributed by atoms with E-state index < -0.39 is 0 Å². The normalized spacial score (nSPS) is 12.0. The van der Waals surface area contributed by atoms with Gasteiger partial charge in [-0.05, 0) is 50.1 Å². The SMILES string of the molecule is CCOc1ccc(C(N)c2ncccc2C)cc1OCC. The van der Waals surface area contributed by atoms with Gasteiger partial charge in [-0.2, -0.15) is 0 Å². The van der Waals surface area contributed by atoms with E-state index in [4.69, 9.17) is 15.2 Å². The maximum Gasteiger partial charge on any atom is 0.161 e. The molecule has 0 fully saturated rings. The molecule has 2 aromatic rings. The van der Waals surface area contributed by atoms with Crippen LogP contribution < -0.4 is 15.2 Å². The van der Waals surface area contributed by atoms with Gasteiger partial charge in [-0.1, -0.05) is 12.1 Å². The van der Waals surface area contributed by atoms with Crippen molar-refractivity contribution in [2.45, 2.75) is 26.8 Å². The van der Waals surface area contributed by atoms with E-state index >= 15 is 0 Å². The Bertz CT molecular complexity index is 599. The maximum atomic E-state index is 6.35. The predicted molar refractivity (Wildman–Crippen MR) is 83.8 cm³/mol. The molecular weight excluding hydrogens is 264 g/mol. The van der Waals surface area contributed by atoms with Crippen molar-refractivity contribution in [3.8, 4) is 11.5 Å². The minimum absolute atomic E-state index is 0.277. The molecule has 0 aliphatic rings. The van der Waals surface area contributed by atoms with Gasteiger partial charge in [0.2, 0.25) is 0 Å². The molecule has 0 saturated carbocycles. The second-order valence-electron chi connectivity index (χ2n) is 4.76. The lowest BCUT2D eigenvalue weighted by Crippen LogP contribution is -2.15. The fourth-order valence-electron chi connectivity index (χ4n) is 2.24. The third kappa shape index (κ3) is 3.52. The molecule has 0 spiro atoms. The summed E-state index contributed by atoms with van der Waals surface area (Å²) in [6.07, 6.45) is 1.76. The molecule has 0 saturated heterocycles. The van der Waals surface area contributed by atoms with Crippen molar-refractivity contribution in [3.63, 3.8) is 0 Å². The molecule has 1 heterocycles. The van der Waals surface area contributed by atoms with Gasteiger partial charge in [0.05, 0.1) is 24.9 Å². The van der Waals surface area contributed by atoms with E-state index in [0.717, 1.165) is 28.3 Å². The largest absolute Gasteiger partial charge is 0.490 e. The van der Waals surface area contributed by atoms with Crippen LogP contribution in [0, 0.1) is 6.92 Å². The summed E-state index contributed by atoms with van der Waals surface area (Å²) in [6, 6.07) is 9.46. The molecule has 4 nitrogen and oxygen atoms in total. The number of hydrogen-bond donors (Lipinski definition) is 1. The van der Waals surface area contributed by atoms with Crippen molar-refractivity contribution in [2.75, 3.05) is 13.2 Å². The van der Waals surface area contributed by atoms with Crippen LogP contribution in [0.25, 0.3) is 0 Å². The number of aromatic nitrogens is 1. The molecule has 0 radical (unpaired) electrons. The van der Waals surface area contributed by atoms with Crippen molar-refractivity contribution in [1.82, 2.24) is 4.98 Å². The second kappa shape index (κ2) is 7.09. The topological polar surface area (TPSA) is 57.4 Å². The van der Waals surface area contributed by atoms with Crippen LogP contribution in [0.2, 0.25) is 0 Å². The van der Waals surface area contributed by atoms with Gasteiger partial charge in [-0.15, -0.1) is 0 Å². The van der Waals surface area contributed by atoms with E-state index in [2.05, 4.69) is 4.98 Å². The van der Waals surface area contributed by atoms with Gasteiger partial charge in [0.15, 0.2) is 11.5 Å². The lowest BCUT2D eigenvalue weighted by molar-refractivity contribution is 0.287. The predicted octanol–water partition coefficient (Wildman–Crippen LogP) is 3.24. The first-order chi connectivity index (χ1) is 10.2. The average molecular weight is 286 g/mol. The molecule has 4 heteroatoms. The van der Waals surface area contributed by atoms with E-state index in [0.29, 0.717) is 13.2 Å². The fraction of sp³-hybridized carbons (Fsp3) is 0.353. The van der Waals surface area contributed by atoms with E-state index in [-0.39, 0.29) is 6.04 Å². The number of hydrogen-bond acceptors (Lipinski definition) is 4. The van der Waals surface area contributed by atoms with Crippen molar-refractivity contribution in [3.05, 3.63) is 53.3 Å². The molecule has 2 rings (SSSR count). The molecule has 0 amide bonds. The summed E-state index contributed by atoms with van der Waals surface area (Å²) in [5.74, 6) is 1.47. The van der Waals surface area contributed by atoms with Crippen LogP contribution in [-0.4, -0.2) is 18.2 Å². The highest BCUT2D eigenvalue weighted by atomic mass is 16.5. The van der Waals surface area contributed by atoms with Crippen LogP contribution in [0.1, 0.15) is 36.7 Å². The van der Waals surface area contributed by atoms with E-state index in [9.17, 15) is 0 Å². The molecule has 21 heavy (non-hydrogen) atoms. The summed E-state index contributed by atoms with van der Waals surface area (Å²) in [5.41, 5.74) is 9.27. The Hall–Kier alpha value is -2.07. The zero-order valence-corrected chi connectivity index (χ0v) is 12.8. The Morgan fingerprint density at radius 1 is 1.10 bits per heavy atom. The Balaban J connectivity index is 2.35. The molecule has 0 aliphatic heterocycles. The van der Waals surface area contributed by atoms with Crippen LogP contribution in [0.15, 0.2) is 36.5 Å². The van der Waals surface area contributed by atoms with Gasteiger partial charge in [0.25, 0.3) is 0 Å². The first-order valence-electron chi connectivity index (χ1n) is 7.24. The number of nitrogens with two attached hydrogens (primary N) is 1. The summed E-state index contributed by atoms with van der Waals surface area (Å²) < 4.78 is 11.2. The van der Waals surface area contributed by atoms with Gasteiger partial charge >= 0.3 is 0 Å². The standard InChI is InChI=1S/C17H22N2O2/c1-4-20-14-9-8-13(11-15(14)21-5-2)16(18)17-12(3)7-6-10-19-17/h6-11,16H,4-5,18H2,1-3H3. The van der Waals surface area contributed by atoms with Gasteiger partial charge in [-0.25, -0.2) is 0 Å². The van der Waals surface area contributed by atoms with Crippen LogP contribution in [-0.2, 0) is 0 Å². The number of benzene rings is 1.